The van der Waals surface area contributed by atoms with Crippen molar-refractivity contribution in [2.75, 3.05) is 0 Å². The van der Waals surface area contributed by atoms with Gasteiger partial charge in [-0.25, -0.2) is 4.68 Å². The molecule has 0 N–H and O–H groups in total. The molecule has 2 aromatic heterocycles. The van der Waals surface area contributed by atoms with Crippen molar-refractivity contribution in [2.24, 2.45) is 10.1 Å². The first-order valence-corrected chi connectivity index (χ1v) is 6.33. The summed E-state index contributed by atoms with van der Waals surface area (Å²) in [6.07, 6.45) is 3.32. The van der Waals surface area contributed by atoms with Crippen LogP contribution in [0.25, 0.3) is 0 Å². The van der Waals surface area contributed by atoms with Gasteiger partial charge < -0.3 is 4.42 Å². The first-order valence-electron chi connectivity index (χ1n) is 5.45. The third-order valence-corrected chi connectivity index (χ3v) is 3.01. The van der Waals surface area contributed by atoms with Gasteiger partial charge in [0, 0.05) is 11.4 Å². The maximum Gasteiger partial charge on any atom is 0.206 e. The van der Waals surface area contributed by atoms with Crippen LogP contribution in [0, 0.1) is 6.92 Å². The van der Waals surface area contributed by atoms with E-state index >= 15 is 0 Å². The van der Waals surface area contributed by atoms with Crippen LogP contribution >= 0.6 is 11.3 Å². The first-order chi connectivity index (χ1) is 8.16. The first kappa shape index (κ1) is 11.9. The Labute approximate surface area is 104 Å². The van der Waals surface area contributed by atoms with Crippen molar-refractivity contribution in [2.45, 2.75) is 26.8 Å². The molecule has 0 radical (unpaired) electrons. The molecule has 90 valence electrons. The maximum atomic E-state index is 5.20. The Morgan fingerprint density at radius 2 is 2.29 bits per heavy atom. The topological polar surface area (TPSA) is 42.8 Å². The van der Waals surface area contributed by atoms with Crippen molar-refractivity contribution in [3.63, 3.8) is 0 Å². The summed E-state index contributed by atoms with van der Waals surface area (Å²) in [5.41, 5.74) is 1.07. The Morgan fingerprint density at radius 3 is 2.94 bits per heavy atom. The molecule has 4 nitrogen and oxygen atoms in total. The SMILES string of the molecule is Cc1csc(=NC(C)C)n1/N=C/c1ccco1. The van der Waals surface area contributed by atoms with E-state index in [1.54, 1.807) is 23.8 Å². The average molecular weight is 249 g/mol. The molecule has 5 heteroatoms. The predicted octanol–water partition coefficient (Wildman–Crippen LogP) is 2.64. The molecule has 0 aliphatic heterocycles. The fourth-order valence-electron chi connectivity index (χ4n) is 1.31. The number of thiazole rings is 1. The summed E-state index contributed by atoms with van der Waals surface area (Å²) in [4.78, 5) is 5.42. The summed E-state index contributed by atoms with van der Waals surface area (Å²) in [6, 6.07) is 3.97. The molecule has 0 spiro atoms. The molecule has 0 bridgehead atoms. The summed E-state index contributed by atoms with van der Waals surface area (Å²) in [7, 11) is 0. The number of aromatic nitrogens is 1. The van der Waals surface area contributed by atoms with E-state index in [1.807, 2.05) is 29.1 Å². The van der Waals surface area contributed by atoms with Gasteiger partial charge in [-0.1, -0.05) is 0 Å². The number of rotatable bonds is 3. The third kappa shape index (κ3) is 2.94. The van der Waals surface area contributed by atoms with Gasteiger partial charge in [0.2, 0.25) is 4.80 Å². The van der Waals surface area contributed by atoms with Crippen LogP contribution < -0.4 is 4.80 Å². The lowest BCUT2D eigenvalue weighted by molar-refractivity contribution is 0.559. The molecule has 2 heterocycles. The van der Waals surface area contributed by atoms with Gasteiger partial charge in [-0.05, 0) is 32.9 Å². The largest absolute Gasteiger partial charge is 0.463 e. The zero-order valence-corrected chi connectivity index (χ0v) is 10.9. The van der Waals surface area contributed by atoms with Crippen LogP contribution in [0.15, 0.2) is 38.3 Å². The highest BCUT2D eigenvalue weighted by molar-refractivity contribution is 7.07. The summed E-state index contributed by atoms with van der Waals surface area (Å²) in [6.45, 7) is 6.11. The van der Waals surface area contributed by atoms with Gasteiger partial charge in [0.25, 0.3) is 0 Å². The predicted molar refractivity (Wildman–Crippen MR) is 69.4 cm³/mol. The smallest absolute Gasteiger partial charge is 0.206 e. The number of hydrogen-bond donors (Lipinski definition) is 0. The van der Waals surface area contributed by atoms with Crippen LogP contribution in [-0.4, -0.2) is 16.9 Å². The Balaban J connectivity index is 2.35. The van der Waals surface area contributed by atoms with Crippen LogP contribution in [-0.2, 0) is 0 Å². The van der Waals surface area contributed by atoms with Crippen molar-refractivity contribution >= 4 is 17.6 Å². The summed E-state index contributed by atoms with van der Waals surface area (Å²) < 4.78 is 7.03. The fraction of sp³-hybridized carbons (Fsp3) is 0.333. The van der Waals surface area contributed by atoms with E-state index in [1.165, 1.54) is 0 Å². The molecule has 0 saturated carbocycles. The molecule has 0 atom stereocenters. The monoisotopic (exact) mass is 249 g/mol. The number of hydrogen-bond acceptors (Lipinski definition) is 4. The molecule has 17 heavy (non-hydrogen) atoms. The molecular formula is C12H15N3OS. The minimum Gasteiger partial charge on any atom is -0.463 e. The van der Waals surface area contributed by atoms with Crippen LogP contribution in [0.4, 0.5) is 0 Å². The zero-order chi connectivity index (χ0) is 12.3. The Kier molecular flexibility index (Phi) is 3.58. The van der Waals surface area contributed by atoms with Crippen LogP contribution in [0.5, 0.6) is 0 Å². The van der Waals surface area contributed by atoms with E-state index in [2.05, 4.69) is 23.9 Å². The average Bonchev–Trinajstić information content (AvgIpc) is 2.87. The van der Waals surface area contributed by atoms with E-state index in [-0.39, 0.29) is 6.04 Å². The highest BCUT2D eigenvalue weighted by Crippen LogP contribution is 2.01. The van der Waals surface area contributed by atoms with Gasteiger partial charge in [-0.3, -0.25) is 4.99 Å². The molecule has 0 aromatic carbocycles. The van der Waals surface area contributed by atoms with Crippen molar-refractivity contribution in [1.82, 2.24) is 4.68 Å². The minimum atomic E-state index is 0.262. The highest BCUT2D eigenvalue weighted by Gasteiger charge is 2.00. The second-order valence-electron chi connectivity index (χ2n) is 3.95. The highest BCUT2D eigenvalue weighted by atomic mass is 32.1. The lowest BCUT2D eigenvalue weighted by Crippen LogP contribution is -2.14. The Morgan fingerprint density at radius 1 is 1.47 bits per heavy atom. The van der Waals surface area contributed by atoms with E-state index in [4.69, 9.17) is 4.42 Å². The Bertz CT molecular complexity index is 561. The quantitative estimate of drug-likeness (QED) is 0.771. The molecule has 0 aliphatic rings. The molecule has 0 aliphatic carbocycles. The normalized spacial score (nSPS) is 13.1. The molecule has 2 aromatic rings. The lowest BCUT2D eigenvalue weighted by atomic mass is 10.4. The van der Waals surface area contributed by atoms with Gasteiger partial charge in [-0.2, -0.15) is 5.10 Å². The van der Waals surface area contributed by atoms with Crippen LogP contribution in [0.3, 0.4) is 0 Å². The fourth-order valence-corrected chi connectivity index (χ4v) is 2.25. The number of aryl methyl sites for hydroxylation is 1. The lowest BCUT2D eigenvalue weighted by Gasteiger charge is -1.98. The van der Waals surface area contributed by atoms with Crippen LogP contribution in [0.1, 0.15) is 25.3 Å². The second-order valence-corrected chi connectivity index (χ2v) is 4.79. The van der Waals surface area contributed by atoms with Gasteiger partial charge in [0.15, 0.2) is 0 Å². The Hall–Kier alpha value is -1.62. The van der Waals surface area contributed by atoms with E-state index in [9.17, 15) is 0 Å². The molecular weight excluding hydrogens is 234 g/mol. The number of nitrogens with zero attached hydrogens (tertiary/aromatic N) is 3. The summed E-state index contributed by atoms with van der Waals surface area (Å²) >= 11 is 1.59. The van der Waals surface area contributed by atoms with Crippen LogP contribution in [0.2, 0.25) is 0 Å². The van der Waals surface area contributed by atoms with E-state index < -0.39 is 0 Å². The molecule has 0 fully saturated rings. The minimum absolute atomic E-state index is 0.262. The standard InChI is InChI=1S/C12H15N3OS/c1-9(2)14-12-15(10(3)8-17-12)13-7-11-5-4-6-16-11/h4-9H,1-3H3/b13-7+,14-12?. The van der Waals surface area contributed by atoms with Gasteiger partial charge in [0.1, 0.15) is 5.76 Å². The maximum absolute atomic E-state index is 5.20. The van der Waals surface area contributed by atoms with Crippen molar-refractivity contribution < 1.29 is 4.42 Å². The van der Waals surface area contributed by atoms with Crippen molar-refractivity contribution in [3.8, 4) is 0 Å². The molecule has 0 unspecified atom stereocenters. The van der Waals surface area contributed by atoms with Gasteiger partial charge in [-0.15, -0.1) is 11.3 Å². The second kappa shape index (κ2) is 5.14. The van der Waals surface area contributed by atoms with E-state index in [0.717, 1.165) is 16.3 Å². The summed E-state index contributed by atoms with van der Waals surface area (Å²) in [5.74, 6) is 0.735. The van der Waals surface area contributed by atoms with Gasteiger partial charge >= 0.3 is 0 Å². The van der Waals surface area contributed by atoms with E-state index in [0.29, 0.717) is 0 Å². The summed E-state index contributed by atoms with van der Waals surface area (Å²) in [5, 5.41) is 6.42. The number of furan rings is 1. The zero-order valence-electron chi connectivity index (χ0n) is 10.1. The molecule has 0 saturated heterocycles. The molecule has 2 rings (SSSR count). The molecule has 0 amide bonds. The van der Waals surface area contributed by atoms with Gasteiger partial charge in [0.05, 0.1) is 18.2 Å². The van der Waals surface area contributed by atoms with Crippen molar-refractivity contribution in [3.05, 3.63) is 40.0 Å². The van der Waals surface area contributed by atoms with Crippen molar-refractivity contribution in [1.29, 1.82) is 0 Å². The third-order valence-electron chi connectivity index (χ3n) is 2.06.